The van der Waals surface area contributed by atoms with Crippen LogP contribution in [0.1, 0.15) is 0 Å². The molecule has 0 aromatic carbocycles. The number of rotatable bonds is 0. The summed E-state index contributed by atoms with van der Waals surface area (Å²) in [5, 5.41) is 0. The Kier molecular flexibility index (Phi) is 8.89. The molecular formula is O3TiW. The van der Waals surface area contributed by atoms with Crippen molar-refractivity contribution in [2.24, 2.45) is 0 Å². The van der Waals surface area contributed by atoms with Crippen LogP contribution in [0.5, 0.6) is 0 Å². The molecule has 0 saturated carbocycles. The first-order valence-corrected chi connectivity index (χ1v) is 4.09. The van der Waals surface area contributed by atoms with Crippen LogP contribution in [0.2, 0.25) is 0 Å². The molecule has 0 aliphatic heterocycles. The van der Waals surface area contributed by atoms with Gasteiger partial charge in [-0.25, -0.2) is 0 Å². The molecule has 3 nitrogen and oxygen atoms in total. The Labute approximate surface area is 49.1 Å². The van der Waals surface area contributed by atoms with Crippen LogP contribution in [-0.4, -0.2) is 0 Å². The molecule has 5 heteroatoms. The molecule has 0 aromatic heterocycles. The fourth-order valence-corrected chi connectivity index (χ4v) is 0. The molecule has 0 saturated heterocycles. The summed E-state index contributed by atoms with van der Waals surface area (Å²) in [6.45, 7) is 0. The van der Waals surface area contributed by atoms with E-state index in [1.54, 1.807) is 0 Å². The summed E-state index contributed by atoms with van der Waals surface area (Å²) in [5.41, 5.74) is 0. The van der Waals surface area contributed by atoms with Crippen LogP contribution in [0.15, 0.2) is 0 Å². The third-order valence-electron chi connectivity index (χ3n) is 0. The molecule has 0 unspecified atom stereocenters. The third-order valence-corrected chi connectivity index (χ3v) is 0. The van der Waals surface area contributed by atoms with Crippen LogP contribution >= 0.6 is 0 Å². The molecule has 0 aliphatic rings. The van der Waals surface area contributed by atoms with Crippen LogP contribution in [0, 0.1) is 0 Å². The molecule has 0 radical (unpaired) electrons. The first-order valence-electron chi connectivity index (χ1n) is 0.500. The Morgan fingerprint density at radius 3 is 1.00 bits per heavy atom. The van der Waals surface area contributed by atoms with Gasteiger partial charge >= 0.3 is 27.4 Å². The van der Waals surface area contributed by atoms with Crippen molar-refractivity contribution < 1.29 is 49.1 Å². The summed E-state index contributed by atoms with van der Waals surface area (Å²) in [6.07, 6.45) is 0. The topological polar surface area (TPSA) is 51.2 Å². The standard InChI is InChI=1S/3O.Ti.W. The molecule has 0 rings (SSSR count). The van der Waals surface area contributed by atoms with Crippen LogP contribution in [0.25, 0.3) is 0 Å². The van der Waals surface area contributed by atoms with Gasteiger partial charge in [-0.1, -0.05) is 0 Å². The molecule has 0 aliphatic carbocycles. The fourth-order valence-electron chi connectivity index (χ4n) is 0. The molecule has 0 spiro atoms. The normalized spacial score (nSPS) is 4.80. The second kappa shape index (κ2) is 4.80. The van der Waals surface area contributed by atoms with Crippen LogP contribution in [-0.2, 0) is 49.1 Å². The average molecular weight is 280 g/mol. The van der Waals surface area contributed by atoms with Gasteiger partial charge < -0.3 is 0 Å². The van der Waals surface area contributed by atoms with E-state index in [1.165, 1.54) is 0 Å². The third kappa shape index (κ3) is 58.6. The van der Waals surface area contributed by atoms with Gasteiger partial charge in [-0.05, 0) is 0 Å². The first kappa shape index (κ1) is 9.26. The van der Waals surface area contributed by atoms with Crippen LogP contribution in [0.4, 0.5) is 0 Å². The molecule has 0 bridgehead atoms. The van der Waals surface area contributed by atoms with Crippen LogP contribution < -0.4 is 0 Å². The summed E-state index contributed by atoms with van der Waals surface area (Å²) in [7, 11) is 0. The predicted molar refractivity (Wildman–Crippen MR) is 2.06 cm³/mol. The maximum atomic E-state index is 8.61. The Morgan fingerprint density at radius 2 is 1.00 bits per heavy atom. The van der Waals surface area contributed by atoms with Gasteiger partial charge in [-0.2, -0.15) is 0 Å². The summed E-state index contributed by atoms with van der Waals surface area (Å²) >= 11 is -4.28. The minimum Gasteiger partial charge on any atom is 0 e. The van der Waals surface area contributed by atoms with E-state index in [-0.39, 0.29) is 21.7 Å². The number of hydrogen-bond donors (Lipinski definition) is 0. The van der Waals surface area contributed by atoms with Gasteiger partial charge in [-0.15, -0.1) is 0 Å². The van der Waals surface area contributed by atoms with Crippen LogP contribution in [0.3, 0.4) is 0 Å². The van der Waals surface area contributed by atoms with Gasteiger partial charge in [0.15, 0.2) is 0 Å². The Hall–Kier alpha value is 0.803. The van der Waals surface area contributed by atoms with Gasteiger partial charge in [0.05, 0.1) is 0 Å². The zero-order valence-corrected chi connectivity index (χ0v) is 6.63. The van der Waals surface area contributed by atoms with Gasteiger partial charge in [0.25, 0.3) is 0 Å². The molecule has 0 heterocycles. The van der Waals surface area contributed by atoms with Crippen molar-refractivity contribution in [1.82, 2.24) is 0 Å². The minimum absolute atomic E-state index is 0. The summed E-state index contributed by atoms with van der Waals surface area (Å²) in [6, 6.07) is 0. The molecule has 0 fully saturated rings. The summed E-state index contributed by atoms with van der Waals surface area (Å²) < 4.78 is 25.8. The van der Waals surface area contributed by atoms with E-state index in [0.717, 1.165) is 0 Å². The van der Waals surface area contributed by atoms with Gasteiger partial charge in [0.1, 0.15) is 0 Å². The second-order valence-electron chi connectivity index (χ2n) is 0.204. The Bertz CT molecular complexity index is 76.3. The molecular weight excluding hydrogens is 280 g/mol. The zero-order chi connectivity index (χ0) is 3.58. The van der Waals surface area contributed by atoms with Crippen molar-refractivity contribution in [3.63, 3.8) is 0 Å². The molecule has 0 atom stereocenters. The largest absolute Gasteiger partial charge is 0 e. The average Bonchev–Trinajstić information content (AvgIpc) is 0.811. The van der Waals surface area contributed by atoms with Crippen molar-refractivity contribution in [2.45, 2.75) is 0 Å². The Balaban J connectivity index is 0. The Morgan fingerprint density at radius 1 is 1.00 bits per heavy atom. The maximum Gasteiger partial charge on any atom is 0 e. The van der Waals surface area contributed by atoms with E-state index in [1.807, 2.05) is 0 Å². The van der Waals surface area contributed by atoms with Gasteiger partial charge in [0, 0.05) is 21.7 Å². The van der Waals surface area contributed by atoms with Crippen molar-refractivity contribution in [1.29, 1.82) is 0 Å². The van der Waals surface area contributed by atoms with Crippen molar-refractivity contribution >= 4 is 0 Å². The van der Waals surface area contributed by atoms with E-state index in [0.29, 0.717) is 0 Å². The number of hydrogen-bond acceptors (Lipinski definition) is 3. The van der Waals surface area contributed by atoms with Crippen molar-refractivity contribution in [3.8, 4) is 0 Å². The maximum absolute atomic E-state index is 8.61. The van der Waals surface area contributed by atoms with Crippen molar-refractivity contribution in [2.75, 3.05) is 0 Å². The van der Waals surface area contributed by atoms with Gasteiger partial charge in [0.2, 0.25) is 0 Å². The smallest absolute Gasteiger partial charge is 0 e. The summed E-state index contributed by atoms with van der Waals surface area (Å²) in [5.74, 6) is 0. The summed E-state index contributed by atoms with van der Waals surface area (Å²) in [4.78, 5) is 0. The second-order valence-corrected chi connectivity index (χ2v) is 1.67. The first-order chi connectivity index (χ1) is 1.73. The molecule has 28 valence electrons. The molecule has 5 heavy (non-hydrogen) atoms. The fraction of sp³-hybridized carbons (Fsp3) is 0. The minimum atomic E-state index is -4.28. The SMILES string of the molecule is [O]=[W](=[O])=[O].[Ti]. The molecule has 0 amide bonds. The van der Waals surface area contributed by atoms with E-state index in [9.17, 15) is 0 Å². The molecule has 0 aromatic rings. The predicted octanol–water partition coefficient (Wildman–Crippen LogP) is -0.361. The van der Waals surface area contributed by atoms with E-state index in [4.69, 9.17) is 10.2 Å². The van der Waals surface area contributed by atoms with Crippen molar-refractivity contribution in [3.05, 3.63) is 0 Å². The van der Waals surface area contributed by atoms with Gasteiger partial charge in [-0.3, -0.25) is 0 Å². The van der Waals surface area contributed by atoms with E-state index in [2.05, 4.69) is 0 Å². The van der Waals surface area contributed by atoms with E-state index >= 15 is 0 Å². The zero-order valence-electron chi connectivity index (χ0n) is 2.13. The molecule has 0 N–H and O–H groups in total. The quantitative estimate of drug-likeness (QED) is 0.569. The monoisotopic (exact) mass is 280 g/mol. The van der Waals surface area contributed by atoms with E-state index < -0.39 is 17.2 Å².